The molecule has 5 atom stereocenters. The zero-order chi connectivity index (χ0) is 78.0. The third-order valence-electron chi connectivity index (χ3n) is 17.6. The molecule has 0 rings (SSSR count). The normalized spacial score (nSPS) is 14.6. The number of aliphatic hydroxyl groups excluding tert-OH is 2. The van der Waals surface area contributed by atoms with E-state index in [1.54, 1.807) is 0 Å². The summed E-state index contributed by atoms with van der Waals surface area (Å²) in [7, 11) is -9.80. The Morgan fingerprint density at radius 1 is 0.271 bits per heavy atom. The molecule has 0 fully saturated rings. The zero-order valence-electron chi connectivity index (χ0n) is 67.3. The van der Waals surface area contributed by atoms with Gasteiger partial charge in [-0.25, -0.2) is 9.13 Å². The molecule has 0 amide bonds. The summed E-state index contributed by atoms with van der Waals surface area (Å²) >= 11 is 0. The fourth-order valence-electron chi connectivity index (χ4n) is 11.2. The number of phosphoric acid groups is 2. The lowest BCUT2D eigenvalue weighted by molar-refractivity contribution is -0.161. The Morgan fingerprint density at radius 2 is 0.495 bits per heavy atom. The molecule has 0 aliphatic carbocycles. The number of rotatable bonds is 79. The highest BCUT2D eigenvalue weighted by Gasteiger charge is 2.29. The second kappa shape index (κ2) is 80.9. The van der Waals surface area contributed by atoms with Crippen molar-refractivity contribution in [3.05, 3.63) is 146 Å². The summed E-state index contributed by atoms with van der Waals surface area (Å²) in [6, 6.07) is 0. The lowest BCUT2D eigenvalue weighted by Gasteiger charge is -2.21. The smallest absolute Gasteiger partial charge is 0.463 e. The molecule has 0 aliphatic rings. The van der Waals surface area contributed by atoms with Gasteiger partial charge in [0.15, 0.2) is 6.10 Å². The minimum Gasteiger partial charge on any atom is -0.463 e. The number of carbonyl (C=O) groups excluding carboxylic acids is 3. The van der Waals surface area contributed by atoms with Crippen LogP contribution in [0.3, 0.4) is 0 Å². The first kappa shape index (κ1) is 102. The van der Waals surface area contributed by atoms with Crippen LogP contribution in [0.5, 0.6) is 0 Å². The number of aliphatic hydroxyl groups is 2. The van der Waals surface area contributed by atoms with E-state index in [0.717, 1.165) is 154 Å². The summed E-state index contributed by atoms with van der Waals surface area (Å²) in [5, 5.41) is 20.7. The molecule has 0 aromatic rings. The van der Waals surface area contributed by atoms with Gasteiger partial charge in [-0.3, -0.25) is 32.5 Å². The van der Waals surface area contributed by atoms with Gasteiger partial charge in [0.2, 0.25) is 0 Å². The van der Waals surface area contributed by atoms with Crippen LogP contribution in [0.25, 0.3) is 0 Å². The second-order valence-electron chi connectivity index (χ2n) is 27.9. The number of hydrogen-bond donors (Lipinski definition) is 4. The molecule has 18 heteroatoms. The number of ether oxygens (including phenoxy) is 3. The molecule has 0 saturated heterocycles. The molecular weight excluding hydrogens is 1390 g/mol. The first-order valence-corrected chi connectivity index (χ1v) is 45.1. The topological polar surface area (TPSA) is 231 Å². The number of unbranched alkanes of at least 4 members (excludes halogenated alkanes) is 32. The molecule has 5 unspecified atom stereocenters. The Hall–Kier alpha value is -4.57. The molecule has 4 N–H and O–H groups in total. The van der Waals surface area contributed by atoms with Crippen molar-refractivity contribution in [2.75, 3.05) is 39.6 Å². The third-order valence-corrected chi connectivity index (χ3v) is 19.5. The van der Waals surface area contributed by atoms with E-state index < -0.39 is 91.5 Å². The fourth-order valence-corrected chi connectivity index (χ4v) is 12.8. The minimum atomic E-state index is -4.94. The molecule has 614 valence electrons. The monoisotopic (exact) mass is 1540 g/mol. The number of carbonyl (C=O) groups is 3. The third kappa shape index (κ3) is 82.2. The van der Waals surface area contributed by atoms with Crippen molar-refractivity contribution < 1.29 is 75.8 Å². The van der Waals surface area contributed by atoms with E-state index in [0.29, 0.717) is 19.3 Å². The van der Waals surface area contributed by atoms with E-state index in [-0.39, 0.29) is 19.3 Å². The maximum atomic E-state index is 13.0. The molecule has 0 saturated carbocycles. The standard InChI is InChI=1S/C89H152O16P2/c1-4-7-10-13-16-19-22-25-28-30-32-34-36-37-38-39-40-41-42-43-44-45-47-49-50-52-55-57-60-63-66-69-72-75-87(92)99-78-84(90)79-101-106(95,96)102-80-85(91)81-103-107(97,98)104-83-86(105-89(94)77-74-71-68-65-62-59-54-27-24-21-18-15-12-9-6-3)82-100-88(93)76-73-70-67-64-61-58-56-53-51-48-46-35-33-31-29-26-23-20-17-14-11-8-5-2/h7-8,10-11,16-17,19-20,25-26,28-29,32-35,37-38,40-41,48,51,56,58,84-86,90-91H,4-6,9,12-15,18,21-24,27,30-31,36,39,42-47,49-50,52-55,57,59-83H2,1-3H3,(H,95,96)(H,97,98)/b10-7-,11-8-,19-16-,20-17-,28-25-,29-26-,34-32-,35-33-,38-37-,41-40-,51-48-,58-56-. The molecule has 16 nitrogen and oxygen atoms in total. The Labute approximate surface area is 651 Å². The van der Waals surface area contributed by atoms with E-state index in [1.807, 2.05) is 0 Å². The van der Waals surface area contributed by atoms with Gasteiger partial charge < -0.3 is 34.2 Å². The summed E-state index contributed by atoms with van der Waals surface area (Å²) in [5.74, 6) is -1.60. The predicted molar refractivity (Wildman–Crippen MR) is 445 cm³/mol. The van der Waals surface area contributed by atoms with Crippen LogP contribution in [0.1, 0.15) is 342 Å². The lowest BCUT2D eigenvalue weighted by Crippen LogP contribution is -2.30. The van der Waals surface area contributed by atoms with E-state index in [1.165, 1.54) is 128 Å². The molecule has 107 heavy (non-hydrogen) atoms. The fraction of sp³-hybridized carbons (Fsp3) is 0.697. The predicted octanol–water partition coefficient (Wildman–Crippen LogP) is 25.2. The molecular formula is C89H152O16P2. The van der Waals surface area contributed by atoms with Gasteiger partial charge in [-0.1, -0.05) is 346 Å². The number of allylic oxidation sites excluding steroid dienone is 24. The van der Waals surface area contributed by atoms with Gasteiger partial charge in [-0.05, 0) is 122 Å². The van der Waals surface area contributed by atoms with Crippen molar-refractivity contribution >= 4 is 33.6 Å². The van der Waals surface area contributed by atoms with Gasteiger partial charge >= 0.3 is 33.6 Å². The molecule has 0 spiro atoms. The van der Waals surface area contributed by atoms with Crippen LogP contribution in [0.4, 0.5) is 0 Å². The van der Waals surface area contributed by atoms with E-state index in [4.69, 9.17) is 32.3 Å². The van der Waals surface area contributed by atoms with Crippen molar-refractivity contribution in [3.63, 3.8) is 0 Å². The summed E-state index contributed by atoms with van der Waals surface area (Å²) in [6.45, 7) is 2.46. The summed E-state index contributed by atoms with van der Waals surface area (Å²) in [6.07, 6.45) is 100. The highest BCUT2D eigenvalue weighted by molar-refractivity contribution is 7.47. The Morgan fingerprint density at radius 3 is 0.785 bits per heavy atom. The van der Waals surface area contributed by atoms with Gasteiger partial charge in [0.1, 0.15) is 25.4 Å². The second-order valence-corrected chi connectivity index (χ2v) is 30.8. The van der Waals surface area contributed by atoms with Gasteiger partial charge in [0.05, 0.1) is 26.4 Å². The van der Waals surface area contributed by atoms with Gasteiger partial charge in [0, 0.05) is 19.3 Å². The minimum absolute atomic E-state index is 0.0994. The van der Waals surface area contributed by atoms with Crippen LogP contribution < -0.4 is 0 Å². The maximum Gasteiger partial charge on any atom is 0.472 e. The first-order chi connectivity index (χ1) is 52.2. The zero-order valence-corrected chi connectivity index (χ0v) is 69.1. The highest BCUT2D eigenvalue weighted by atomic mass is 31.2. The van der Waals surface area contributed by atoms with Gasteiger partial charge in [-0.15, -0.1) is 0 Å². The van der Waals surface area contributed by atoms with Crippen molar-refractivity contribution in [2.45, 2.75) is 360 Å². The average molecular weight is 1540 g/mol. The summed E-state index contributed by atoms with van der Waals surface area (Å²) in [5.41, 5.74) is 0. The van der Waals surface area contributed by atoms with Crippen LogP contribution in [-0.2, 0) is 55.8 Å². The molecule has 0 bridgehead atoms. The van der Waals surface area contributed by atoms with Gasteiger partial charge in [0.25, 0.3) is 0 Å². The van der Waals surface area contributed by atoms with Crippen molar-refractivity contribution in [2.24, 2.45) is 0 Å². The van der Waals surface area contributed by atoms with Crippen LogP contribution in [-0.4, -0.2) is 95.9 Å². The number of esters is 3. The Kier molecular flexibility index (Phi) is 77.5. The molecule has 0 heterocycles. The lowest BCUT2D eigenvalue weighted by atomic mass is 10.0. The van der Waals surface area contributed by atoms with Crippen LogP contribution in [0.2, 0.25) is 0 Å². The van der Waals surface area contributed by atoms with Crippen molar-refractivity contribution in [1.82, 2.24) is 0 Å². The van der Waals surface area contributed by atoms with E-state index in [9.17, 15) is 43.5 Å². The summed E-state index contributed by atoms with van der Waals surface area (Å²) in [4.78, 5) is 58.7. The first-order valence-electron chi connectivity index (χ1n) is 42.1. The molecule has 0 aliphatic heterocycles. The van der Waals surface area contributed by atoms with Crippen LogP contribution in [0, 0.1) is 0 Å². The van der Waals surface area contributed by atoms with Crippen LogP contribution in [0.15, 0.2) is 146 Å². The number of hydrogen-bond acceptors (Lipinski definition) is 14. The quantitative estimate of drug-likeness (QED) is 0.0146. The van der Waals surface area contributed by atoms with E-state index >= 15 is 0 Å². The molecule has 0 aromatic heterocycles. The highest BCUT2D eigenvalue weighted by Crippen LogP contribution is 2.45. The Bertz CT molecular complexity index is 2530. The average Bonchev–Trinajstić information content (AvgIpc) is 0.908. The largest absolute Gasteiger partial charge is 0.472 e. The molecule has 0 aromatic carbocycles. The summed E-state index contributed by atoms with van der Waals surface area (Å²) < 4.78 is 61.2. The maximum absolute atomic E-state index is 13.0. The van der Waals surface area contributed by atoms with Crippen molar-refractivity contribution in [1.29, 1.82) is 0 Å². The van der Waals surface area contributed by atoms with Gasteiger partial charge in [-0.2, -0.15) is 0 Å². The molecule has 0 radical (unpaired) electrons. The number of phosphoric ester groups is 2. The van der Waals surface area contributed by atoms with Crippen LogP contribution >= 0.6 is 15.6 Å². The van der Waals surface area contributed by atoms with Crippen molar-refractivity contribution in [3.8, 4) is 0 Å². The SMILES string of the molecule is CC/C=C\C/C=C\C/C=C\C/C=C\C/C=C\C/C=C\CCCCCCCCCCCCCCCCC(=O)OCC(O)COP(=O)(O)OCC(O)COP(=O)(O)OCC(COC(=O)CCCCCC/C=C\C/C=C\C/C=C\C/C=C\C/C=C\C/C=C\CC)OC(=O)CCCCCCCCCCCCCCCCC. The van der Waals surface area contributed by atoms with E-state index in [2.05, 4.69) is 167 Å². The Balaban J connectivity index is 4.50.